The van der Waals surface area contributed by atoms with Crippen molar-refractivity contribution in [2.24, 2.45) is 0 Å². The van der Waals surface area contributed by atoms with Gasteiger partial charge < -0.3 is 9.84 Å². The topological polar surface area (TPSA) is 42.4 Å². The lowest BCUT2D eigenvalue weighted by molar-refractivity contribution is 0.198. The van der Waals surface area contributed by atoms with Crippen LogP contribution in [0.4, 0.5) is 0 Å². The van der Waals surface area contributed by atoms with Crippen molar-refractivity contribution in [3.8, 4) is 11.6 Å². The third kappa shape index (κ3) is 2.96. The van der Waals surface area contributed by atoms with Gasteiger partial charge in [0, 0.05) is 12.3 Å². The molecular formula is C13H12ClNO2. The number of hydrogen-bond acceptors (Lipinski definition) is 3. The second kappa shape index (κ2) is 5.17. The molecule has 0 fully saturated rings. The molecule has 0 spiro atoms. The quantitative estimate of drug-likeness (QED) is 0.904. The van der Waals surface area contributed by atoms with Gasteiger partial charge in [0.2, 0.25) is 5.88 Å². The molecule has 17 heavy (non-hydrogen) atoms. The van der Waals surface area contributed by atoms with Gasteiger partial charge in [0.05, 0.1) is 11.1 Å². The molecule has 2 aromatic rings. The zero-order valence-corrected chi connectivity index (χ0v) is 10.1. The average molecular weight is 250 g/mol. The van der Waals surface area contributed by atoms with Crippen molar-refractivity contribution in [3.05, 3.63) is 53.2 Å². The number of aromatic nitrogens is 1. The van der Waals surface area contributed by atoms with E-state index in [-0.39, 0.29) is 0 Å². The van der Waals surface area contributed by atoms with Crippen LogP contribution >= 0.6 is 11.6 Å². The summed E-state index contributed by atoms with van der Waals surface area (Å²) >= 11 is 5.97. The average Bonchev–Trinajstić information content (AvgIpc) is 2.32. The van der Waals surface area contributed by atoms with E-state index in [1.54, 1.807) is 37.4 Å². The lowest BCUT2D eigenvalue weighted by Gasteiger charge is -2.09. The fraction of sp³-hybridized carbons (Fsp3) is 0.154. The lowest BCUT2D eigenvalue weighted by Crippen LogP contribution is -1.94. The predicted molar refractivity (Wildman–Crippen MR) is 66.4 cm³/mol. The first-order chi connectivity index (χ1) is 8.16. The zero-order chi connectivity index (χ0) is 12.3. The minimum Gasteiger partial charge on any atom is -0.437 e. The number of ether oxygens (including phenoxy) is 1. The minimum absolute atomic E-state index is 0.413. The summed E-state index contributed by atoms with van der Waals surface area (Å²) in [4.78, 5) is 4.07. The summed E-state index contributed by atoms with van der Waals surface area (Å²) in [5, 5.41) is 9.98. The molecule has 0 unspecified atom stereocenters. The van der Waals surface area contributed by atoms with Crippen LogP contribution in [0.2, 0.25) is 5.02 Å². The summed E-state index contributed by atoms with van der Waals surface area (Å²) in [7, 11) is 0. The van der Waals surface area contributed by atoms with Crippen molar-refractivity contribution < 1.29 is 9.84 Å². The molecule has 4 heteroatoms. The fourth-order valence-electron chi connectivity index (χ4n) is 1.38. The highest BCUT2D eigenvalue weighted by atomic mass is 35.5. The van der Waals surface area contributed by atoms with E-state index < -0.39 is 6.10 Å². The van der Waals surface area contributed by atoms with Crippen molar-refractivity contribution in [2.75, 3.05) is 0 Å². The second-order valence-corrected chi connectivity index (χ2v) is 4.04. The zero-order valence-electron chi connectivity index (χ0n) is 9.30. The summed E-state index contributed by atoms with van der Waals surface area (Å²) in [6.45, 7) is 1.69. The van der Waals surface area contributed by atoms with Crippen molar-refractivity contribution in [1.82, 2.24) is 4.98 Å². The molecule has 0 radical (unpaired) electrons. The molecule has 1 aromatic carbocycles. The third-order valence-corrected chi connectivity index (χ3v) is 2.60. The van der Waals surface area contributed by atoms with E-state index in [4.69, 9.17) is 16.3 Å². The maximum Gasteiger partial charge on any atom is 0.219 e. The number of aliphatic hydroxyl groups excluding tert-OH is 1. The van der Waals surface area contributed by atoms with Crippen LogP contribution in [0.15, 0.2) is 42.6 Å². The molecule has 1 N–H and O–H groups in total. The van der Waals surface area contributed by atoms with E-state index in [0.717, 1.165) is 5.56 Å². The highest BCUT2D eigenvalue weighted by molar-refractivity contribution is 6.32. The van der Waals surface area contributed by atoms with Crippen LogP contribution in [-0.4, -0.2) is 10.1 Å². The van der Waals surface area contributed by atoms with Crippen LogP contribution in [0.3, 0.4) is 0 Å². The number of pyridine rings is 1. The number of hydrogen-bond donors (Lipinski definition) is 1. The van der Waals surface area contributed by atoms with Crippen LogP contribution in [0.5, 0.6) is 11.6 Å². The molecule has 1 atom stereocenters. The van der Waals surface area contributed by atoms with Gasteiger partial charge in [0.1, 0.15) is 5.75 Å². The molecule has 0 bridgehead atoms. The maximum atomic E-state index is 9.46. The molecule has 1 heterocycles. The summed E-state index contributed by atoms with van der Waals surface area (Å²) in [6.07, 6.45) is 1.04. The van der Waals surface area contributed by atoms with Crippen molar-refractivity contribution in [2.45, 2.75) is 13.0 Å². The van der Waals surface area contributed by atoms with Gasteiger partial charge in [-0.05, 0) is 30.7 Å². The van der Waals surface area contributed by atoms with Gasteiger partial charge in [-0.25, -0.2) is 4.98 Å². The number of para-hydroxylation sites is 1. The SMILES string of the molecule is C[C@@H](O)c1ccnc(Oc2ccccc2Cl)c1. The minimum atomic E-state index is -0.549. The van der Waals surface area contributed by atoms with E-state index in [1.165, 1.54) is 0 Å². The smallest absolute Gasteiger partial charge is 0.219 e. The first-order valence-electron chi connectivity index (χ1n) is 5.23. The van der Waals surface area contributed by atoms with Gasteiger partial charge in [-0.1, -0.05) is 23.7 Å². The third-order valence-electron chi connectivity index (χ3n) is 2.29. The van der Waals surface area contributed by atoms with E-state index in [0.29, 0.717) is 16.7 Å². The van der Waals surface area contributed by atoms with Crippen LogP contribution in [0.1, 0.15) is 18.6 Å². The van der Waals surface area contributed by atoms with E-state index in [1.807, 2.05) is 12.1 Å². The van der Waals surface area contributed by atoms with Crippen molar-refractivity contribution >= 4 is 11.6 Å². The molecular weight excluding hydrogens is 238 g/mol. The Balaban J connectivity index is 2.25. The van der Waals surface area contributed by atoms with Gasteiger partial charge in [0.25, 0.3) is 0 Å². The Morgan fingerprint density at radius 1 is 1.29 bits per heavy atom. The van der Waals surface area contributed by atoms with Crippen molar-refractivity contribution in [3.63, 3.8) is 0 Å². The van der Waals surface area contributed by atoms with Gasteiger partial charge in [-0.15, -0.1) is 0 Å². The molecule has 88 valence electrons. The number of nitrogens with zero attached hydrogens (tertiary/aromatic N) is 1. The second-order valence-electron chi connectivity index (χ2n) is 3.64. The van der Waals surface area contributed by atoms with Gasteiger partial charge in [-0.3, -0.25) is 0 Å². The lowest BCUT2D eigenvalue weighted by atomic mass is 10.2. The summed E-state index contributed by atoms with van der Waals surface area (Å²) in [5.41, 5.74) is 0.752. The Kier molecular flexibility index (Phi) is 3.61. The standard InChI is InChI=1S/C13H12ClNO2/c1-9(16)10-6-7-15-13(8-10)17-12-5-3-2-4-11(12)14/h2-9,16H,1H3/t9-/m1/s1. The molecule has 0 saturated carbocycles. The molecule has 0 amide bonds. The summed E-state index contributed by atoms with van der Waals surface area (Å²) < 4.78 is 5.55. The summed E-state index contributed by atoms with van der Waals surface area (Å²) in [5.74, 6) is 0.959. The van der Waals surface area contributed by atoms with Crippen LogP contribution < -0.4 is 4.74 Å². The normalized spacial score (nSPS) is 12.2. The Morgan fingerprint density at radius 2 is 2.06 bits per heavy atom. The van der Waals surface area contributed by atoms with E-state index in [9.17, 15) is 5.11 Å². The highest BCUT2D eigenvalue weighted by Gasteiger charge is 2.06. The van der Waals surface area contributed by atoms with Crippen LogP contribution in [0.25, 0.3) is 0 Å². The number of aliphatic hydroxyl groups is 1. The Bertz CT molecular complexity index is 514. The molecule has 0 aliphatic heterocycles. The monoisotopic (exact) mass is 249 g/mol. The van der Waals surface area contributed by atoms with Crippen molar-refractivity contribution in [1.29, 1.82) is 0 Å². The molecule has 2 rings (SSSR count). The largest absolute Gasteiger partial charge is 0.437 e. The van der Waals surface area contributed by atoms with Gasteiger partial charge in [0.15, 0.2) is 0 Å². The summed E-state index contributed by atoms with van der Waals surface area (Å²) in [6, 6.07) is 10.6. The first kappa shape index (κ1) is 11.9. The highest BCUT2D eigenvalue weighted by Crippen LogP contribution is 2.28. The fourth-order valence-corrected chi connectivity index (χ4v) is 1.55. The molecule has 3 nitrogen and oxygen atoms in total. The molecule has 0 saturated heterocycles. The van der Waals surface area contributed by atoms with Gasteiger partial charge >= 0.3 is 0 Å². The maximum absolute atomic E-state index is 9.46. The van der Waals surface area contributed by atoms with Gasteiger partial charge in [-0.2, -0.15) is 0 Å². The van der Waals surface area contributed by atoms with E-state index >= 15 is 0 Å². The Morgan fingerprint density at radius 3 is 2.76 bits per heavy atom. The molecule has 0 aliphatic rings. The molecule has 0 aliphatic carbocycles. The molecule has 1 aromatic heterocycles. The Labute approximate surface area is 105 Å². The first-order valence-corrected chi connectivity index (χ1v) is 5.61. The van der Waals surface area contributed by atoms with Crippen LogP contribution in [-0.2, 0) is 0 Å². The van der Waals surface area contributed by atoms with Crippen LogP contribution in [0, 0.1) is 0 Å². The number of rotatable bonds is 3. The van der Waals surface area contributed by atoms with E-state index in [2.05, 4.69) is 4.98 Å². The number of halogens is 1. The number of benzene rings is 1. The Hall–Kier alpha value is -1.58. The predicted octanol–water partition coefficient (Wildman–Crippen LogP) is 3.58.